The molecular formula is C23H22F2N6O2. The number of carbonyl (C=O) groups excluding carboxylic acids is 1. The fourth-order valence-electron chi connectivity index (χ4n) is 4.32. The van der Waals surface area contributed by atoms with Crippen LogP contribution in [0.3, 0.4) is 0 Å². The van der Waals surface area contributed by atoms with Gasteiger partial charge in [0.25, 0.3) is 11.5 Å². The molecule has 170 valence electrons. The van der Waals surface area contributed by atoms with Gasteiger partial charge in [-0.05, 0) is 37.3 Å². The summed E-state index contributed by atoms with van der Waals surface area (Å²) in [6, 6.07) is 10.6. The number of aromatic nitrogens is 4. The number of para-hydroxylation sites is 1. The zero-order valence-corrected chi connectivity index (χ0v) is 18.0. The molecule has 0 bridgehead atoms. The largest absolute Gasteiger partial charge is 0.336 e. The third-order valence-electron chi connectivity index (χ3n) is 6.08. The Morgan fingerprint density at radius 1 is 1.00 bits per heavy atom. The maximum atomic E-state index is 13.5. The van der Waals surface area contributed by atoms with Crippen molar-refractivity contribution in [2.75, 3.05) is 26.2 Å². The molecule has 0 unspecified atom stereocenters. The monoisotopic (exact) mass is 452 g/mol. The lowest BCUT2D eigenvalue weighted by Crippen LogP contribution is -2.48. The minimum atomic E-state index is -1.03. The van der Waals surface area contributed by atoms with Crippen LogP contribution >= 0.6 is 0 Å². The van der Waals surface area contributed by atoms with Crippen molar-refractivity contribution in [3.8, 4) is 0 Å². The number of carbonyl (C=O) groups is 1. The van der Waals surface area contributed by atoms with Crippen molar-refractivity contribution in [3.63, 3.8) is 0 Å². The number of halogens is 2. The van der Waals surface area contributed by atoms with Crippen molar-refractivity contribution in [2.45, 2.75) is 20.0 Å². The molecule has 4 aromatic rings. The molecule has 1 aliphatic rings. The Morgan fingerprint density at radius 2 is 1.76 bits per heavy atom. The molecular weight excluding hydrogens is 430 g/mol. The standard InChI is InChI=1S/C23H22F2N6O2/c1-2-30-22(33)16-5-3-4-6-19(16)31-20(26-27-23(30)31)14-28-9-11-29(12-10-28)21(32)15-7-8-17(24)18(25)13-15/h3-8,13H,2,9-12,14H2,1H3. The summed E-state index contributed by atoms with van der Waals surface area (Å²) in [4.78, 5) is 29.3. The number of amides is 1. The second-order valence-corrected chi connectivity index (χ2v) is 8.02. The number of rotatable bonds is 4. The van der Waals surface area contributed by atoms with Gasteiger partial charge in [-0.1, -0.05) is 12.1 Å². The van der Waals surface area contributed by atoms with Crippen LogP contribution in [0.2, 0.25) is 0 Å². The molecule has 1 fully saturated rings. The summed E-state index contributed by atoms with van der Waals surface area (Å²) >= 11 is 0. The molecule has 5 rings (SSSR count). The maximum Gasteiger partial charge on any atom is 0.262 e. The van der Waals surface area contributed by atoms with Gasteiger partial charge in [-0.15, -0.1) is 10.2 Å². The molecule has 33 heavy (non-hydrogen) atoms. The van der Waals surface area contributed by atoms with Crippen LogP contribution in [-0.4, -0.2) is 61.1 Å². The first-order chi connectivity index (χ1) is 16.0. The van der Waals surface area contributed by atoms with Gasteiger partial charge >= 0.3 is 0 Å². The lowest BCUT2D eigenvalue weighted by atomic mass is 10.1. The smallest absolute Gasteiger partial charge is 0.262 e. The molecule has 8 nitrogen and oxygen atoms in total. The van der Waals surface area contributed by atoms with Crippen LogP contribution < -0.4 is 5.56 Å². The summed E-state index contributed by atoms with van der Waals surface area (Å²) < 4.78 is 30.2. The number of hydrogen-bond acceptors (Lipinski definition) is 5. The van der Waals surface area contributed by atoms with Gasteiger partial charge in [-0.2, -0.15) is 0 Å². The average molecular weight is 452 g/mol. The van der Waals surface area contributed by atoms with Crippen molar-refractivity contribution < 1.29 is 13.6 Å². The van der Waals surface area contributed by atoms with Gasteiger partial charge in [0, 0.05) is 38.3 Å². The molecule has 0 saturated carbocycles. The van der Waals surface area contributed by atoms with Crippen LogP contribution in [0.4, 0.5) is 8.78 Å². The second-order valence-electron chi connectivity index (χ2n) is 8.02. The third kappa shape index (κ3) is 3.66. The highest BCUT2D eigenvalue weighted by Crippen LogP contribution is 2.17. The maximum absolute atomic E-state index is 13.5. The minimum absolute atomic E-state index is 0.0936. The first kappa shape index (κ1) is 21.2. The van der Waals surface area contributed by atoms with Crippen molar-refractivity contribution in [2.24, 2.45) is 0 Å². The van der Waals surface area contributed by atoms with Crippen LogP contribution in [0.15, 0.2) is 47.3 Å². The van der Waals surface area contributed by atoms with Gasteiger partial charge < -0.3 is 4.90 Å². The van der Waals surface area contributed by atoms with E-state index in [0.717, 1.165) is 17.6 Å². The summed E-state index contributed by atoms with van der Waals surface area (Å²) in [6.07, 6.45) is 0. The van der Waals surface area contributed by atoms with E-state index < -0.39 is 11.6 Å². The molecule has 3 heterocycles. The second kappa shape index (κ2) is 8.36. The number of piperazine rings is 1. The lowest BCUT2D eigenvalue weighted by Gasteiger charge is -2.34. The van der Waals surface area contributed by atoms with E-state index in [9.17, 15) is 18.4 Å². The Kier molecular flexibility index (Phi) is 5.37. The lowest BCUT2D eigenvalue weighted by molar-refractivity contribution is 0.0624. The van der Waals surface area contributed by atoms with Crippen LogP contribution in [-0.2, 0) is 13.1 Å². The van der Waals surface area contributed by atoms with Crippen molar-refractivity contribution >= 4 is 22.6 Å². The Balaban J connectivity index is 1.37. The number of hydrogen-bond donors (Lipinski definition) is 0. The zero-order valence-electron chi connectivity index (χ0n) is 18.0. The minimum Gasteiger partial charge on any atom is -0.336 e. The van der Waals surface area contributed by atoms with E-state index >= 15 is 0 Å². The number of nitrogens with zero attached hydrogens (tertiary/aromatic N) is 6. The molecule has 2 aromatic heterocycles. The van der Waals surface area contributed by atoms with Gasteiger partial charge in [0.1, 0.15) is 0 Å². The van der Waals surface area contributed by atoms with E-state index in [4.69, 9.17) is 0 Å². The van der Waals surface area contributed by atoms with Crippen molar-refractivity contribution in [3.05, 3.63) is 75.8 Å². The number of benzene rings is 2. The summed E-state index contributed by atoms with van der Waals surface area (Å²) in [5.74, 6) is -1.11. The van der Waals surface area contributed by atoms with Crippen LogP contribution in [0.5, 0.6) is 0 Å². The highest BCUT2D eigenvalue weighted by Gasteiger charge is 2.25. The van der Waals surface area contributed by atoms with E-state index in [-0.39, 0.29) is 17.0 Å². The molecule has 1 saturated heterocycles. The van der Waals surface area contributed by atoms with Gasteiger partial charge in [0.15, 0.2) is 17.5 Å². The molecule has 2 aromatic carbocycles. The fraction of sp³-hybridized carbons (Fsp3) is 0.304. The molecule has 1 amide bonds. The predicted octanol–water partition coefficient (Wildman–Crippen LogP) is 2.30. The Labute approximate surface area is 187 Å². The molecule has 0 atom stereocenters. The highest BCUT2D eigenvalue weighted by molar-refractivity contribution is 5.94. The molecule has 0 spiro atoms. The average Bonchev–Trinajstić information content (AvgIpc) is 3.24. The summed E-state index contributed by atoms with van der Waals surface area (Å²) in [5.41, 5.74) is 0.799. The zero-order chi connectivity index (χ0) is 23.1. The van der Waals surface area contributed by atoms with Gasteiger partial charge in [-0.25, -0.2) is 8.78 Å². The Bertz CT molecular complexity index is 1420. The number of fused-ring (bicyclic) bond motifs is 3. The van der Waals surface area contributed by atoms with Gasteiger partial charge in [0.2, 0.25) is 5.78 Å². The molecule has 1 aliphatic heterocycles. The molecule has 10 heteroatoms. The van der Waals surface area contributed by atoms with Gasteiger partial charge in [-0.3, -0.25) is 23.5 Å². The van der Waals surface area contributed by atoms with Crippen molar-refractivity contribution in [1.82, 2.24) is 29.0 Å². The Morgan fingerprint density at radius 3 is 2.48 bits per heavy atom. The number of aryl methyl sites for hydroxylation is 1. The van der Waals surface area contributed by atoms with E-state index in [1.165, 1.54) is 6.07 Å². The normalized spacial score (nSPS) is 14.9. The first-order valence-electron chi connectivity index (χ1n) is 10.8. The van der Waals surface area contributed by atoms with Gasteiger partial charge in [0.05, 0.1) is 17.4 Å². The fourth-order valence-corrected chi connectivity index (χ4v) is 4.32. The first-order valence-corrected chi connectivity index (χ1v) is 10.8. The van der Waals surface area contributed by atoms with E-state index in [1.807, 2.05) is 29.5 Å². The van der Waals surface area contributed by atoms with E-state index in [2.05, 4.69) is 15.1 Å². The highest BCUT2D eigenvalue weighted by atomic mass is 19.2. The van der Waals surface area contributed by atoms with E-state index in [0.29, 0.717) is 56.3 Å². The third-order valence-corrected chi connectivity index (χ3v) is 6.08. The molecule has 0 radical (unpaired) electrons. The SMILES string of the molecule is CCn1c(=O)c2ccccc2n2c(CN3CCN(C(=O)c4ccc(F)c(F)c4)CC3)nnc12. The van der Waals surface area contributed by atoms with Crippen LogP contribution in [0.25, 0.3) is 16.7 Å². The topological polar surface area (TPSA) is 75.7 Å². The Hall–Kier alpha value is -3.66. The summed E-state index contributed by atoms with van der Waals surface area (Å²) in [7, 11) is 0. The predicted molar refractivity (Wildman–Crippen MR) is 118 cm³/mol. The summed E-state index contributed by atoms with van der Waals surface area (Å²) in [6.45, 7) is 4.97. The van der Waals surface area contributed by atoms with Crippen LogP contribution in [0, 0.1) is 11.6 Å². The van der Waals surface area contributed by atoms with E-state index in [1.54, 1.807) is 15.5 Å². The molecule has 0 N–H and O–H groups in total. The summed E-state index contributed by atoms with van der Waals surface area (Å²) in [5, 5.41) is 9.25. The quantitative estimate of drug-likeness (QED) is 0.475. The van der Waals surface area contributed by atoms with Crippen LogP contribution in [0.1, 0.15) is 23.1 Å². The van der Waals surface area contributed by atoms with Crippen molar-refractivity contribution in [1.29, 1.82) is 0 Å². The molecule has 0 aliphatic carbocycles.